The summed E-state index contributed by atoms with van der Waals surface area (Å²) in [6.45, 7) is 1.37. The third-order valence-corrected chi connectivity index (χ3v) is 2.36. The quantitative estimate of drug-likeness (QED) is 0.677. The highest BCUT2D eigenvalue weighted by atomic mass is 16.5. The Morgan fingerprint density at radius 3 is 3.12 bits per heavy atom. The van der Waals surface area contributed by atoms with Crippen molar-refractivity contribution in [2.24, 2.45) is 0 Å². The number of ether oxygens (including phenoxy) is 1. The van der Waals surface area contributed by atoms with Gasteiger partial charge in [0.15, 0.2) is 5.69 Å². The van der Waals surface area contributed by atoms with E-state index >= 15 is 0 Å². The molecule has 1 aromatic rings. The second-order valence-electron chi connectivity index (χ2n) is 3.50. The number of piperazine rings is 1. The number of nitrogens with zero attached hydrogens (tertiary/aromatic N) is 3. The first-order valence-corrected chi connectivity index (χ1v) is 5.13. The second-order valence-corrected chi connectivity index (χ2v) is 3.50. The smallest absolute Gasteiger partial charge is 0.356 e. The number of methoxy groups -OCH3 is 1. The number of anilines is 1. The standard InChI is InChI=1S/C10H12N4O3/c1-17-9(16)7-2-3-12-10(13-7)14-5-4-11-8(15)6-14/h2-3H,4-6H2,1H3,(H,11,15). The third kappa shape index (κ3) is 2.49. The molecule has 17 heavy (non-hydrogen) atoms. The van der Waals surface area contributed by atoms with Gasteiger partial charge in [-0.3, -0.25) is 4.79 Å². The van der Waals surface area contributed by atoms with E-state index in [-0.39, 0.29) is 18.1 Å². The summed E-state index contributed by atoms with van der Waals surface area (Å²) in [5.74, 6) is -0.235. The Kier molecular flexibility index (Phi) is 3.17. The lowest BCUT2D eigenvalue weighted by Crippen LogP contribution is -2.48. The Morgan fingerprint density at radius 1 is 1.59 bits per heavy atom. The van der Waals surface area contributed by atoms with Crippen molar-refractivity contribution in [1.82, 2.24) is 15.3 Å². The molecule has 0 aromatic carbocycles. The number of nitrogens with one attached hydrogen (secondary N) is 1. The fraction of sp³-hybridized carbons (Fsp3) is 0.400. The number of amides is 1. The van der Waals surface area contributed by atoms with E-state index in [1.807, 2.05) is 0 Å². The lowest BCUT2D eigenvalue weighted by molar-refractivity contribution is -0.120. The van der Waals surface area contributed by atoms with Gasteiger partial charge in [-0.15, -0.1) is 0 Å². The molecular weight excluding hydrogens is 224 g/mol. The third-order valence-electron chi connectivity index (χ3n) is 2.36. The fourth-order valence-electron chi connectivity index (χ4n) is 1.53. The van der Waals surface area contributed by atoms with Gasteiger partial charge < -0.3 is 15.0 Å². The highest BCUT2D eigenvalue weighted by Gasteiger charge is 2.19. The number of carbonyl (C=O) groups is 2. The monoisotopic (exact) mass is 236 g/mol. The average Bonchev–Trinajstić information content (AvgIpc) is 2.38. The summed E-state index contributed by atoms with van der Waals surface area (Å²) in [6.07, 6.45) is 1.47. The van der Waals surface area contributed by atoms with Gasteiger partial charge >= 0.3 is 5.97 Å². The molecule has 0 aliphatic carbocycles. The van der Waals surface area contributed by atoms with Crippen LogP contribution < -0.4 is 10.2 Å². The summed E-state index contributed by atoms with van der Waals surface area (Å²) in [5.41, 5.74) is 0.184. The van der Waals surface area contributed by atoms with Crippen LogP contribution in [-0.4, -0.2) is 48.6 Å². The summed E-state index contributed by atoms with van der Waals surface area (Å²) in [6, 6.07) is 1.47. The molecule has 1 aliphatic rings. The summed E-state index contributed by atoms with van der Waals surface area (Å²) in [4.78, 5) is 32.3. The molecule has 1 N–H and O–H groups in total. The Morgan fingerprint density at radius 2 is 2.41 bits per heavy atom. The van der Waals surface area contributed by atoms with Gasteiger partial charge in [0, 0.05) is 19.3 Å². The van der Waals surface area contributed by atoms with Crippen molar-refractivity contribution in [3.05, 3.63) is 18.0 Å². The van der Waals surface area contributed by atoms with Gasteiger partial charge in [-0.2, -0.15) is 0 Å². The fourth-order valence-corrected chi connectivity index (χ4v) is 1.53. The number of hydrogen-bond acceptors (Lipinski definition) is 6. The first-order valence-electron chi connectivity index (χ1n) is 5.13. The molecule has 1 aliphatic heterocycles. The van der Waals surface area contributed by atoms with Crippen LogP contribution >= 0.6 is 0 Å². The predicted octanol–water partition coefficient (Wildman–Crippen LogP) is -0.801. The predicted molar refractivity (Wildman–Crippen MR) is 58.6 cm³/mol. The number of esters is 1. The van der Waals surface area contributed by atoms with Crippen LogP contribution in [0.4, 0.5) is 5.95 Å². The van der Waals surface area contributed by atoms with E-state index in [1.54, 1.807) is 4.90 Å². The van der Waals surface area contributed by atoms with Gasteiger partial charge in [-0.25, -0.2) is 14.8 Å². The lowest BCUT2D eigenvalue weighted by atomic mass is 10.3. The molecule has 1 aromatic heterocycles. The zero-order valence-electron chi connectivity index (χ0n) is 9.34. The van der Waals surface area contributed by atoms with E-state index in [2.05, 4.69) is 20.0 Å². The van der Waals surface area contributed by atoms with Crippen molar-refractivity contribution in [3.8, 4) is 0 Å². The van der Waals surface area contributed by atoms with Crippen LogP contribution in [0.1, 0.15) is 10.5 Å². The minimum atomic E-state index is -0.518. The van der Waals surface area contributed by atoms with Gasteiger partial charge in [0.05, 0.1) is 13.7 Å². The van der Waals surface area contributed by atoms with E-state index in [1.165, 1.54) is 19.4 Å². The van der Waals surface area contributed by atoms with E-state index in [4.69, 9.17) is 0 Å². The first-order chi connectivity index (χ1) is 8.20. The molecule has 2 heterocycles. The van der Waals surface area contributed by atoms with Crippen molar-refractivity contribution in [1.29, 1.82) is 0 Å². The molecule has 0 unspecified atom stereocenters. The molecule has 7 nitrogen and oxygen atoms in total. The molecular formula is C10H12N4O3. The van der Waals surface area contributed by atoms with Gasteiger partial charge in [-0.05, 0) is 6.07 Å². The molecule has 0 atom stereocenters. The van der Waals surface area contributed by atoms with Crippen molar-refractivity contribution in [2.45, 2.75) is 0 Å². The summed E-state index contributed by atoms with van der Waals surface area (Å²) < 4.78 is 4.57. The van der Waals surface area contributed by atoms with Crippen LogP contribution in [0.25, 0.3) is 0 Å². The zero-order chi connectivity index (χ0) is 12.3. The number of carbonyl (C=O) groups excluding carboxylic acids is 2. The number of hydrogen-bond donors (Lipinski definition) is 1. The van der Waals surface area contributed by atoms with E-state index in [9.17, 15) is 9.59 Å². The molecule has 0 saturated carbocycles. The maximum Gasteiger partial charge on any atom is 0.356 e. The minimum Gasteiger partial charge on any atom is -0.464 e. The average molecular weight is 236 g/mol. The molecule has 7 heteroatoms. The normalized spacial score (nSPS) is 15.4. The Labute approximate surface area is 97.8 Å². The van der Waals surface area contributed by atoms with Crippen LogP contribution in [0.3, 0.4) is 0 Å². The van der Waals surface area contributed by atoms with Crippen LogP contribution in [0.2, 0.25) is 0 Å². The summed E-state index contributed by atoms with van der Waals surface area (Å²) >= 11 is 0. The summed E-state index contributed by atoms with van der Waals surface area (Å²) in [5, 5.41) is 2.70. The molecule has 1 saturated heterocycles. The highest BCUT2D eigenvalue weighted by molar-refractivity contribution is 5.87. The van der Waals surface area contributed by atoms with Crippen LogP contribution in [0.5, 0.6) is 0 Å². The largest absolute Gasteiger partial charge is 0.464 e. The minimum absolute atomic E-state index is 0.0803. The Hall–Kier alpha value is -2.18. The second kappa shape index (κ2) is 4.77. The van der Waals surface area contributed by atoms with Gasteiger partial charge in [0.25, 0.3) is 0 Å². The lowest BCUT2D eigenvalue weighted by Gasteiger charge is -2.26. The number of rotatable bonds is 2. The zero-order valence-corrected chi connectivity index (χ0v) is 9.34. The molecule has 90 valence electrons. The SMILES string of the molecule is COC(=O)c1ccnc(N2CCNC(=O)C2)n1. The van der Waals surface area contributed by atoms with Crippen LogP contribution in [0.15, 0.2) is 12.3 Å². The Bertz CT molecular complexity index is 449. The topological polar surface area (TPSA) is 84.4 Å². The van der Waals surface area contributed by atoms with E-state index < -0.39 is 5.97 Å². The molecule has 0 spiro atoms. The maximum absolute atomic E-state index is 11.3. The van der Waals surface area contributed by atoms with Crippen molar-refractivity contribution in [3.63, 3.8) is 0 Å². The van der Waals surface area contributed by atoms with Gasteiger partial charge in [0.1, 0.15) is 0 Å². The molecule has 0 radical (unpaired) electrons. The maximum atomic E-state index is 11.3. The van der Waals surface area contributed by atoms with E-state index in [0.717, 1.165) is 0 Å². The molecule has 1 fully saturated rings. The van der Waals surface area contributed by atoms with Gasteiger partial charge in [0.2, 0.25) is 11.9 Å². The van der Waals surface area contributed by atoms with Crippen LogP contribution in [0, 0.1) is 0 Å². The summed E-state index contributed by atoms with van der Waals surface area (Å²) in [7, 11) is 1.29. The van der Waals surface area contributed by atoms with Crippen LogP contribution in [-0.2, 0) is 9.53 Å². The highest BCUT2D eigenvalue weighted by Crippen LogP contribution is 2.09. The molecule has 2 rings (SSSR count). The van der Waals surface area contributed by atoms with Gasteiger partial charge in [-0.1, -0.05) is 0 Å². The number of aromatic nitrogens is 2. The Balaban J connectivity index is 2.20. The first kappa shape index (κ1) is 11.3. The molecule has 0 bridgehead atoms. The van der Waals surface area contributed by atoms with Crippen molar-refractivity contribution >= 4 is 17.8 Å². The molecule has 1 amide bonds. The van der Waals surface area contributed by atoms with Crippen molar-refractivity contribution < 1.29 is 14.3 Å². The van der Waals surface area contributed by atoms with E-state index in [0.29, 0.717) is 19.0 Å². The van der Waals surface area contributed by atoms with Crippen molar-refractivity contribution in [2.75, 3.05) is 31.6 Å².